The highest BCUT2D eigenvalue weighted by Crippen LogP contribution is 2.04. The summed E-state index contributed by atoms with van der Waals surface area (Å²) in [6.07, 6.45) is 1.68. The molecule has 0 saturated heterocycles. The molecule has 0 aromatic heterocycles. The molecule has 14 heavy (non-hydrogen) atoms. The molecular weight excluding hydrogens is 196 g/mol. The third kappa shape index (κ3) is 3.30. The molecule has 0 fully saturated rings. The number of rotatable bonds is 3. The zero-order chi connectivity index (χ0) is 10.4. The summed E-state index contributed by atoms with van der Waals surface area (Å²) in [6.45, 7) is 2.03. The Kier molecular flexibility index (Phi) is 4.33. The lowest BCUT2D eigenvalue weighted by molar-refractivity contribution is 1.00. The average Bonchev–Trinajstić information content (AvgIpc) is 2.19. The van der Waals surface area contributed by atoms with Gasteiger partial charge in [0, 0.05) is 12.0 Å². The van der Waals surface area contributed by atoms with Crippen LogP contribution in [0.2, 0.25) is 0 Å². The summed E-state index contributed by atoms with van der Waals surface area (Å²) in [5.74, 6) is 0.226. The van der Waals surface area contributed by atoms with E-state index in [0.29, 0.717) is 5.17 Å². The van der Waals surface area contributed by atoms with E-state index in [1.54, 1.807) is 0 Å². The van der Waals surface area contributed by atoms with Gasteiger partial charge in [-0.2, -0.15) is 0 Å². The first kappa shape index (κ1) is 10.9. The van der Waals surface area contributed by atoms with E-state index in [-0.39, 0.29) is 5.84 Å². The lowest BCUT2D eigenvalue weighted by Gasteiger charge is -1.98. The van der Waals surface area contributed by atoms with E-state index >= 15 is 0 Å². The van der Waals surface area contributed by atoms with E-state index in [9.17, 15) is 0 Å². The van der Waals surface area contributed by atoms with Crippen molar-refractivity contribution in [3.63, 3.8) is 0 Å². The molecule has 1 N–H and O–H groups in total. The molecule has 1 aromatic carbocycles. The lowest BCUT2D eigenvalue weighted by Crippen LogP contribution is -1.98. The average molecular weight is 209 g/mol. The second-order valence-electron chi connectivity index (χ2n) is 2.95. The third-order valence-electron chi connectivity index (χ3n) is 1.74. The molecule has 0 aliphatic rings. The van der Waals surface area contributed by atoms with Gasteiger partial charge in [0.05, 0.1) is 0 Å². The van der Waals surface area contributed by atoms with E-state index in [2.05, 4.69) is 4.99 Å². The Morgan fingerprint density at radius 1 is 1.36 bits per heavy atom. The van der Waals surface area contributed by atoms with Crippen molar-refractivity contribution in [2.45, 2.75) is 19.8 Å². The fraction of sp³-hybridized carbons (Fsp3) is 0.273. The molecule has 0 saturated carbocycles. The fourth-order valence-electron chi connectivity index (χ4n) is 1.04. The van der Waals surface area contributed by atoms with Gasteiger partial charge in [0.15, 0.2) is 5.84 Å². The summed E-state index contributed by atoms with van der Waals surface area (Å²) in [5, 5.41) is 8.17. The van der Waals surface area contributed by atoms with Crippen LogP contribution < -0.4 is 0 Å². The molecule has 1 rings (SSSR count). The standard InChI is InChI=1S/C11H13ClN2/c1-2-6-10(12)14-11(13)9-7-4-3-5-8-9/h3-5,7-8,13H,2,6H2,1H3. The Hall–Kier alpha value is -1.15. The maximum Gasteiger partial charge on any atom is 0.153 e. The van der Waals surface area contributed by atoms with Crippen molar-refractivity contribution in [2.24, 2.45) is 4.99 Å². The first-order valence-corrected chi connectivity index (χ1v) is 4.99. The molecular formula is C11H13ClN2. The lowest BCUT2D eigenvalue weighted by atomic mass is 10.2. The van der Waals surface area contributed by atoms with Gasteiger partial charge in [-0.1, -0.05) is 48.9 Å². The van der Waals surface area contributed by atoms with Crippen LogP contribution in [0.1, 0.15) is 25.3 Å². The molecule has 3 heteroatoms. The van der Waals surface area contributed by atoms with Crippen molar-refractivity contribution in [1.82, 2.24) is 0 Å². The van der Waals surface area contributed by atoms with Crippen molar-refractivity contribution in [2.75, 3.05) is 0 Å². The molecule has 0 unspecified atom stereocenters. The second kappa shape index (κ2) is 5.55. The van der Waals surface area contributed by atoms with Crippen molar-refractivity contribution >= 4 is 22.6 Å². The molecule has 1 aromatic rings. The molecule has 0 aliphatic heterocycles. The Bertz CT molecular complexity index is 330. The van der Waals surface area contributed by atoms with Crippen molar-refractivity contribution in [1.29, 1.82) is 5.41 Å². The van der Waals surface area contributed by atoms with E-state index < -0.39 is 0 Å². The number of halogens is 1. The first-order chi connectivity index (χ1) is 6.74. The zero-order valence-corrected chi connectivity index (χ0v) is 8.88. The third-order valence-corrected chi connectivity index (χ3v) is 2.01. The minimum Gasteiger partial charge on any atom is -0.282 e. The summed E-state index contributed by atoms with van der Waals surface area (Å²) in [7, 11) is 0. The van der Waals surface area contributed by atoms with Crippen LogP contribution in [-0.2, 0) is 0 Å². The summed E-state index contributed by atoms with van der Waals surface area (Å²) in [5.41, 5.74) is 0.793. The Morgan fingerprint density at radius 3 is 2.57 bits per heavy atom. The molecule has 0 heterocycles. The maximum atomic E-state index is 7.67. The number of aliphatic imine (C=N–C) groups is 1. The number of hydrogen-bond acceptors (Lipinski definition) is 1. The minimum absolute atomic E-state index is 0.226. The molecule has 0 spiro atoms. The van der Waals surface area contributed by atoms with Gasteiger partial charge in [0.1, 0.15) is 5.17 Å². The number of benzene rings is 1. The molecule has 0 radical (unpaired) electrons. The van der Waals surface area contributed by atoms with Gasteiger partial charge in [-0.05, 0) is 6.42 Å². The summed E-state index contributed by atoms with van der Waals surface area (Å²) in [4.78, 5) is 4.00. The fourth-order valence-corrected chi connectivity index (χ4v) is 1.32. The highest BCUT2D eigenvalue weighted by molar-refractivity contribution is 6.66. The van der Waals surface area contributed by atoms with Crippen molar-refractivity contribution in [3.8, 4) is 0 Å². The van der Waals surface area contributed by atoms with Crippen LogP contribution in [0.4, 0.5) is 0 Å². The number of nitrogens with zero attached hydrogens (tertiary/aromatic N) is 1. The predicted molar refractivity (Wildman–Crippen MR) is 61.5 cm³/mol. The molecule has 0 amide bonds. The van der Waals surface area contributed by atoms with Crippen LogP contribution in [0.5, 0.6) is 0 Å². The zero-order valence-electron chi connectivity index (χ0n) is 8.13. The molecule has 0 aliphatic carbocycles. The number of nitrogens with one attached hydrogen (secondary N) is 1. The first-order valence-electron chi connectivity index (χ1n) is 4.61. The van der Waals surface area contributed by atoms with Crippen LogP contribution >= 0.6 is 11.6 Å². The van der Waals surface area contributed by atoms with Crippen LogP contribution in [-0.4, -0.2) is 11.0 Å². The van der Waals surface area contributed by atoms with Gasteiger partial charge in [-0.3, -0.25) is 5.41 Å². The Balaban J connectivity index is 2.72. The quantitative estimate of drug-likeness (QED) is 0.584. The normalized spacial score (nSPS) is 11.4. The largest absolute Gasteiger partial charge is 0.282 e. The van der Waals surface area contributed by atoms with Gasteiger partial charge in [0.2, 0.25) is 0 Å². The van der Waals surface area contributed by atoms with Crippen molar-refractivity contribution < 1.29 is 0 Å². The summed E-state index contributed by atoms with van der Waals surface area (Å²) >= 11 is 5.83. The summed E-state index contributed by atoms with van der Waals surface area (Å²) < 4.78 is 0. The Morgan fingerprint density at radius 2 is 2.00 bits per heavy atom. The van der Waals surface area contributed by atoms with Crippen LogP contribution in [0.15, 0.2) is 35.3 Å². The SMILES string of the molecule is CCCC(Cl)=NC(=N)c1ccccc1. The van der Waals surface area contributed by atoms with E-state index in [1.165, 1.54) is 0 Å². The molecule has 0 bridgehead atoms. The number of hydrogen-bond donors (Lipinski definition) is 1. The molecule has 2 nitrogen and oxygen atoms in total. The molecule has 0 atom stereocenters. The van der Waals surface area contributed by atoms with E-state index in [4.69, 9.17) is 17.0 Å². The van der Waals surface area contributed by atoms with Crippen LogP contribution in [0.3, 0.4) is 0 Å². The topological polar surface area (TPSA) is 36.2 Å². The summed E-state index contributed by atoms with van der Waals surface area (Å²) in [6, 6.07) is 9.37. The van der Waals surface area contributed by atoms with Gasteiger partial charge in [-0.25, -0.2) is 4.99 Å². The van der Waals surface area contributed by atoms with E-state index in [1.807, 2.05) is 37.3 Å². The van der Waals surface area contributed by atoms with Crippen LogP contribution in [0, 0.1) is 5.41 Å². The van der Waals surface area contributed by atoms with Crippen molar-refractivity contribution in [3.05, 3.63) is 35.9 Å². The van der Waals surface area contributed by atoms with Gasteiger partial charge in [-0.15, -0.1) is 0 Å². The highest BCUT2D eigenvalue weighted by atomic mass is 35.5. The highest BCUT2D eigenvalue weighted by Gasteiger charge is 1.99. The maximum absolute atomic E-state index is 7.67. The monoisotopic (exact) mass is 208 g/mol. The van der Waals surface area contributed by atoms with Gasteiger partial charge < -0.3 is 0 Å². The smallest absolute Gasteiger partial charge is 0.153 e. The molecule has 74 valence electrons. The minimum atomic E-state index is 0.226. The Labute approximate surface area is 89.1 Å². The van der Waals surface area contributed by atoms with Gasteiger partial charge in [0.25, 0.3) is 0 Å². The number of amidine groups is 1. The van der Waals surface area contributed by atoms with E-state index in [0.717, 1.165) is 18.4 Å². The van der Waals surface area contributed by atoms with Gasteiger partial charge >= 0.3 is 0 Å². The van der Waals surface area contributed by atoms with Crippen LogP contribution in [0.25, 0.3) is 0 Å². The predicted octanol–water partition coefficient (Wildman–Crippen LogP) is 3.45. The second-order valence-corrected chi connectivity index (χ2v) is 3.39.